The molecule has 0 atom stereocenters. The zero-order valence-electron chi connectivity index (χ0n) is 14.6. The number of aromatic nitrogens is 2. The van der Waals surface area contributed by atoms with Crippen molar-refractivity contribution in [3.63, 3.8) is 0 Å². The van der Waals surface area contributed by atoms with Gasteiger partial charge in [-0.15, -0.1) is 0 Å². The predicted molar refractivity (Wildman–Crippen MR) is 95.0 cm³/mol. The maximum atomic E-state index is 12.7. The Morgan fingerprint density at radius 3 is 2.32 bits per heavy atom. The molecule has 2 aromatic carbocycles. The third-order valence-corrected chi connectivity index (χ3v) is 5.77. The fourth-order valence-electron chi connectivity index (χ4n) is 2.68. The molecule has 0 fully saturated rings. The van der Waals surface area contributed by atoms with E-state index in [-0.39, 0.29) is 4.90 Å². The number of halogens is 3. The van der Waals surface area contributed by atoms with Gasteiger partial charge in [0.25, 0.3) is 10.0 Å². The highest BCUT2D eigenvalue weighted by molar-refractivity contribution is 7.89. The van der Waals surface area contributed by atoms with Crippen LogP contribution >= 0.6 is 0 Å². The second kappa shape index (κ2) is 7.13. The highest BCUT2D eigenvalue weighted by Gasteiger charge is 2.31. The average molecular weight is 405 g/mol. The van der Waals surface area contributed by atoms with E-state index in [2.05, 4.69) is 11.2 Å². The van der Waals surface area contributed by atoms with Crippen LogP contribution in [0.4, 0.5) is 13.2 Å². The molecule has 1 aromatic heterocycles. The van der Waals surface area contributed by atoms with Gasteiger partial charge in [0.15, 0.2) is 0 Å². The van der Waals surface area contributed by atoms with Gasteiger partial charge < -0.3 is 0 Å². The molecule has 0 saturated carbocycles. The van der Waals surface area contributed by atoms with Crippen LogP contribution in [0.15, 0.2) is 59.6 Å². The quantitative estimate of drug-likeness (QED) is 0.660. The van der Waals surface area contributed by atoms with Crippen molar-refractivity contribution in [2.45, 2.75) is 24.4 Å². The minimum absolute atomic E-state index is 0.299. The summed E-state index contributed by atoms with van der Waals surface area (Å²) in [6, 6.07) is 12.2. The molecule has 0 N–H and O–H groups in total. The number of benzene rings is 2. The third kappa shape index (κ3) is 3.77. The first-order valence-corrected chi connectivity index (χ1v) is 9.53. The Hall–Kier alpha value is -3.12. The van der Waals surface area contributed by atoms with E-state index in [4.69, 9.17) is 0 Å². The molecular weight excluding hydrogens is 391 g/mol. The molecule has 0 saturated heterocycles. The lowest BCUT2D eigenvalue weighted by Crippen LogP contribution is -2.14. The van der Waals surface area contributed by atoms with Crippen molar-refractivity contribution in [2.24, 2.45) is 0 Å². The summed E-state index contributed by atoms with van der Waals surface area (Å²) in [7, 11) is -4.14. The summed E-state index contributed by atoms with van der Waals surface area (Å²) in [5, 5.41) is 13.2. The zero-order valence-corrected chi connectivity index (χ0v) is 15.4. The van der Waals surface area contributed by atoms with Crippen LogP contribution in [0.1, 0.15) is 27.9 Å². The minimum Gasteiger partial charge on any atom is -0.199 e. The van der Waals surface area contributed by atoms with Crippen LogP contribution in [0.25, 0.3) is 0 Å². The van der Waals surface area contributed by atoms with Crippen LogP contribution in [0, 0.1) is 18.3 Å². The molecular formula is C19H14F3N3O2S. The van der Waals surface area contributed by atoms with Gasteiger partial charge in [0, 0.05) is 12.6 Å². The number of alkyl halides is 3. The van der Waals surface area contributed by atoms with Crippen molar-refractivity contribution in [3.05, 3.63) is 82.7 Å². The molecule has 144 valence electrons. The Kier molecular flexibility index (Phi) is 5.00. The lowest BCUT2D eigenvalue weighted by atomic mass is 10.0. The number of hydrogen-bond acceptors (Lipinski definition) is 4. The molecule has 0 bridgehead atoms. The van der Waals surface area contributed by atoms with E-state index < -0.39 is 21.8 Å². The van der Waals surface area contributed by atoms with E-state index in [0.717, 1.165) is 21.8 Å². The highest BCUT2D eigenvalue weighted by Crippen LogP contribution is 2.30. The topological polar surface area (TPSA) is 75.8 Å². The maximum absolute atomic E-state index is 12.7. The van der Waals surface area contributed by atoms with Crippen LogP contribution in [0.5, 0.6) is 0 Å². The number of nitriles is 1. The van der Waals surface area contributed by atoms with Crippen LogP contribution in [0.3, 0.4) is 0 Å². The molecule has 0 unspecified atom stereocenters. The van der Waals surface area contributed by atoms with Gasteiger partial charge in [-0.05, 0) is 48.4 Å². The van der Waals surface area contributed by atoms with Gasteiger partial charge in [0.1, 0.15) is 0 Å². The molecule has 9 heteroatoms. The Balaban J connectivity index is 1.94. The Bertz CT molecular complexity index is 1160. The highest BCUT2D eigenvalue weighted by atomic mass is 32.2. The van der Waals surface area contributed by atoms with Crippen LogP contribution in [0.2, 0.25) is 0 Å². The van der Waals surface area contributed by atoms with Crippen molar-refractivity contribution in [2.75, 3.05) is 0 Å². The van der Waals surface area contributed by atoms with Crippen molar-refractivity contribution in [3.8, 4) is 6.07 Å². The average Bonchev–Trinajstić information content (AvgIpc) is 3.03. The molecule has 0 amide bonds. The van der Waals surface area contributed by atoms with Gasteiger partial charge in [0.05, 0.1) is 27.8 Å². The lowest BCUT2D eigenvalue weighted by molar-refractivity contribution is -0.137. The number of aryl methyl sites for hydroxylation is 1. The molecule has 3 rings (SSSR count). The molecule has 0 aliphatic carbocycles. The molecule has 0 spiro atoms. The van der Waals surface area contributed by atoms with Gasteiger partial charge in [0.2, 0.25) is 0 Å². The number of hydrogen-bond donors (Lipinski definition) is 0. The summed E-state index contributed by atoms with van der Waals surface area (Å²) in [5.41, 5.74) is 1.30. The fourth-order valence-corrected chi connectivity index (χ4v) is 3.87. The van der Waals surface area contributed by atoms with Crippen molar-refractivity contribution >= 4 is 10.0 Å². The summed E-state index contributed by atoms with van der Waals surface area (Å²) >= 11 is 0. The fraction of sp³-hybridized carbons (Fsp3) is 0.158. The summed E-state index contributed by atoms with van der Waals surface area (Å²) < 4.78 is 64.2. The smallest absolute Gasteiger partial charge is 0.199 e. The summed E-state index contributed by atoms with van der Waals surface area (Å²) in [4.78, 5) is -0.299. The van der Waals surface area contributed by atoms with Crippen molar-refractivity contribution < 1.29 is 21.6 Å². The maximum Gasteiger partial charge on any atom is 0.416 e. The van der Waals surface area contributed by atoms with E-state index in [0.29, 0.717) is 35.4 Å². The molecule has 0 aliphatic heterocycles. The Morgan fingerprint density at radius 2 is 1.71 bits per heavy atom. The lowest BCUT2D eigenvalue weighted by Gasteiger charge is -2.08. The first-order valence-electron chi connectivity index (χ1n) is 8.09. The molecule has 1 heterocycles. The summed E-state index contributed by atoms with van der Waals surface area (Å²) in [6.45, 7) is 1.63. The standard InChI is InChI=1S/C19H14F3N3O2S/c1-13-16(10-14-4-2-3-5-15(14)11-23)12-25(24-13)28(26,27)18-8-6-17(7-9-18)19(20,21)22/h2-9,12H,10H2,1H3. The summed E-state index contributed by atoms with van der Waals surface area (Å²) in [6.07, 6.45) is -2.93. The van der Waals surface area contributed by atoms with E-state index in [1.165, 1.54) is 6.20 Å². The van der Waals surface area contributed by atoms with Crippen molar-refractivity contribution in [1.82, 2.24) is 9.19 Å². The molecule has 28 heavy (non-hydrogen) atoms. The van der Waals surface area contributed by atoms with E-state index >= 15 is 0 Å². The Labute approximate surface area is 159 Å². The van der Waals surface area contributed by atoms with E-state index in [9.17, 15) is 26.9 Å². The zero-order chi connectivity index (χ0) is 20.5. The van der Waals surface area contributed by atoms with Crippen molar-refractivity contribution in [1.29, 1.82) is 5.26 Å². The number of rotatable bonds is 4. The largest absolute Gasteiger partial charge is 0.416 e. The second-order valence-electron chi connectivity index (χ2n) is 6.09. The molecule has 0 radical (unpaired) electrons. The SMILES string of the molecule is Cc1nn(S(=O)(=O)c2ccc(C(F)(F)F)cc2)cc1Cc1ccccc1C#N. The minimum atomic E-state index is -4.55. The molecule has 5 nitrogen and oxygen atoms in total. The van der Waals surface area contributed by atoms with E-state index in [1.54, 1.807) is 31.2 Å². The first-order chi connectivity index (χ1) is 13.1. The van der Waals surface area contributed by atoms with E-state index in [1.807, 2.05) is 0 Å². The Morgan fingerprint density at radius 1 is 1.07 bits per heavy atom. The molecule has 3 aromatic rings. The third-order valence-electron chi connectivity index (χ3n) is 4.22. The van der Waals surface area contributed by atoms with Gasteiger partial charge >= 0.3 is 6.18 Å². The van der Waals surface area contributed by atoms with Gasteiger partial charge in [-0.3, -0.25) is 0 Å². The van der Waals surface area contributed by atoms with Gasteiger partial charge in [-0.1, -0.05) is 18.2 Å². The van der Waals surface area contributed by atoms with Gasteiger partial charge in [-0.2, -0.15) is 36.0 Å². The predicted octanol–water partition coefficient (Wildman–Crippen LogP) is 3.91. The first kappa shape index (κ1) is 19.6. The summed E-state index contributed by atoms with van der Waals surface area (Å²) in [5.74, 6) is 0. The molecule has 0 aliphatic rings. The van der Waals surface area contributed by atoms with Crippen LogP contribution in [-0.2, 0) is 22.6 Å². The monoisotopic (exact) mass is 405 g/mol. The van der Waals surface area contributed by atoms with Crippen LogP contribution < -0.4 is 0 Å². The second-order valence-corrected chi connectivity index (χ2v) is 7.88. The van der Waals surface area contributed by atoms with Gasteiger partial charge in [-0.25, -0.2) is 0 Å². The van der Waals surface area contributed by atoms with Crippen LogP contribution in [-0.4, -0.2) is 17.6 Å². The normalized spacial score (nSPS) is 12.0. The number of nitrogens with zero attached hydrogens (tertiary/aromatic N) is 3.